The molecule has 0 spiro atoms. The zero-order valence-electron chi connectivity index (χ0n) is 59.8. The van der Waals surface area contributed by atoms with Gasteiger partial charge >= 0.3 is 5.97 Å². The molecule has 520 valence electrons. The van der Waals surface area contributed by atoms with E-state index in [1.54, 1.807) is 0 Å². The van der Waals surface area contributed by atoms with E-state index in [0.29, 0.717) is 25.9 Å². The third kappa shape index (κ3) is 73.8. The Balaban J connectivity index is 3.30. The predicted molar refractivity (Wildman–Crippen MR) is 384 cm³/mol. The molecule has 0 aliphatic carbocycles. The molecule has 0 fully saturated rings. The fourth-order valence-corrected chi connectivity index (χ4v) is 13.5. The van der Waals surface area contributed by atoms with Gasteiger partial charge in [0.1, 0.15) is 0 Å². The summed E-state index contributed by atoms with van der Waals surface area (Å²) in [7, 11) is 0. The number of aliphatic hydroxyl groups is 2. The summed E-state index contributed by atoms with van der Waals surface area (Å²) in [5, 5.41) is 23.5. The Bertz CT molecular complexity index is 1280. The largest absolute Gasteiger partial charge is 0.466 e. The predicted octanol–water partition coefficient (Wildman–Crippen LogP) is 26.9. The number of rotatable bonds is 78. The fraction of sp³-hybridized carbons (Fsp3) is 0.975. The van der Waals surface area contributed by atoms with E-state index in [2.05, 4.69) is 19.2 Å². The second-order valence-electron chi connectivity index (χ2n) is 28.5. The molecule has 87 heavy (non-hydrogen) atoms. The molecule has 0 bridgehead atoms. The first-order chi connectivity index (χ1) is 43.0. The summed E-state index contributed by atoms with van der Waals surface area (Å²) in [5.74, 6) is 0.00284. The second kappa shape index (κ2) is 77.3. The zero-order valence-corrected chi connectivity index (χ0v) is 59.8. The van der Waals surface area contributed by atoms with Gasteiger partial charge in [-0.2, -0.15) is 0 Å². The topological polar surface area (TPSA) is 95.9 Å². The van der Waals surface area contributed by atoms with Gasteiger partial charge in [0.2, 0.25) is 5.91 Å². The van der Waals surface area contributed by atoms with Gasteiger partial charge in [0, 0.05) is 12.8 Å². The highest BCUT2D eigenvalue weighted by atomic mass is 16.5. The van der Waals surface area contributed by atoms with Crippen LogP contribution < -0.4 is 5.32 Å². The number of amides is 1. The van der Waals surface area contributed by atoms with Crippen LogP contribution in [0.1, 0.15) is 483 Å². The molecular formula is C81H161NO5. The minimum absolute atomic E-state index is 0.0244. The van der Waals surface area contributed by atoms with E-state index in [9.17, 15) is 19.8 Å². The van der Waals surface area contributed by atoms with Crippen LogP contribution in [0.15, 0.2) is 0 Å². The molecule has 2 unspecified atom stereocenters. The maximum Gasteiger partial charge on any atom is 0.305 e. The molecule has 0 aromatic heterocycles. The molecule has 0 aliphatic heterocycles. The molecule has 6 nitrogen and oxygen atoms in total. The lowest BCUT2D eigenvalue weighted by molar-refractivity contribution is -0.143. The molecule has 3 N–H and O–H groups in total. The van der Waals surface area contributed by atoms with Crippen LogP contribution in [0.5, 0.6) is 0 Å². The highest BCUT2D eigenvalue weighted by Gasteiger charge is 2.20. The van der Waals surface area contributed by atoms with Crippen LogP contribution in [0.2, 0.25) is 0 Å². The summed E-state index contributed by atoms with van der Waals surface area (Å²) in [5.41, 5.74) is 0. The Morgan fingerprint density at radius 3 is 0.701 bits per heavy atom. The van der Waals surface area contributed by atoms with Crippen LogP contribution in [-0.4, -0.2) is 47.4 Å². The van der Waals surface area contributed by atoms with Gasteiger partial charge in [-0.05, 0) is 25.7 Å². The van der Waals surface area contributed by atoms with Crippen molar-refractivity contribution >= 4 is 11.9 Å². The van der Waals surface area contributed by atoms with Gasteiger partial charge in [-0.1, -0.05) is 444 Å². The number of aliphatic hydroxyl groups excluding tert-OH is 2. The molecule has 0 radical (unpaired) electrons. The summed E-state index contributed by atoms with van der Waals surface area (Å²) in [6.45, 7) is 5.02. The number of hydrogen-bond donors (Lipinski definition) is 3. The first kappa shape index (κ1) is 85.9. The highest BCUT2D eigenvalue weighted by Crippen LogP contribution is 2.21. The third-order valence-electron chi connectivity index (χ3n) is 19.7. The summed E-state index contributed by atoms with van der Waals surface area (Å²) in [6, 6.07) is -0.538. The van der Waals surface area contributed by atoms with Crippen molar-refractivity contribution in [1.29, 1.82) is 0 Å². The number of unbranched alkanes of at least 4 members (excludes halogenated alkanes) is 67. The Morgan fingerprint density at radius 2 is 0.471 bits per heavy atom. The van der Waals surface area contributed by atoms with E-state index in [-0.39, 0.29) is 18.5 Å². The first-order valence-electron chi connectivity index (χ1n) is 40.8. The summed E-state index contributed by atoms with van der Waals surface area (Å²) >= 11 is 0. The van der Waals surface area contributed by atoms with Crippen LogP contribution in [0.25, 0.3) is 0 Å². The van der Waals surface area contributed by atoms with Gasteiger partial charge in [0.15, 0.2) is 0 Å². The van der Waals surface area contributed by atoms with Crippen LogP contribution in [0.3, 0.4) is 0 Å². The van der Waals surface area contributed by atoms with Crippen LogP contribution >= 0.6 is 0 Å². The summed E-state index contributed by atoms with van der Waals surface area (Å²) in [4.78, 5) is 24.7. The summed E-state index contributed by atoms with van der Waals surface area (Å²) in [6.07, 6.45) is 96.3. The van der Waals surface area contributed by atoms with Crippen molar-refractivity contribution in [2.45, 2.75) is 495 Å². The van der Waals surface area contributed by atoms with E-state index >= 15 is 0 Å². The molecule has 0 aromatic carbocycles. The minimum atomic E-state index is -0.661. The lowest BCUT2D eigenvalue weighted by Crippen LogP contribution is -2.45. The van der Waals surface area contributed by atoms with Crippen molar-refractivity contribution in [2.75, 3.05) is 13.2 Å². The van der Waals surface area contributed by atoms with Crippen molar-refractivity contribution in [3.63, 3.8) is 0 Å². The molecular weight excluding hydrogens is 1070 g/mol. The number of hydrogen-bond acceptors (Lipinski definition) is 5. The number of carbonyl (C=O) groups excluding carboxylic acids is 2. The van der Waals surface area contributed by atoms with E-state index < -0.39 is 12.1 Å². The van der Waals surface area contributed by atoms with Crippen molar-refractivity contribution < 1.29 is 24.5 Å². The molecule has 1 amide bonds. The number of ether oxygens (including phenoxy) is 1. The lowest BCUT2D eigenvalue weighted by Gasteiger charge is -2.22. The third-order valence-corrected chi connectivity index (χ3v) is 19.7. The smallest absolute Gasteiger partial charge is 0.305 e. The molecule has 0 heterocycles. The molecule has 0 aromatic rings. The molecule has 0 saturated carbocycles. The van der Waals surface area contributed by atoms with Crippen molar-refractivity contribution in [2.24, 2.45) is 0 Å². The molecule has 6 heteroatoms. The number of nitrogens with one attached hydrogen (secondary N) is 1. The number of carbonyl (C=O) groups is 2. The van der Waals surface area contributed by atoms with Crippen molar-refractivity contribution in [3.05, 3.63) is 0 Å². The molecule has 0 saturated heterocycles. The Kier molecular flexibility index (Phi) is 76.3. The van der Waals surface area contributed by atoms with Crippen LogP contribution in [0, 0.1) is 0 Å². The average Bonchev–Trinajstić information content (AvgIpc) is 3.54. The standard InChI is InChI=1S/C81H161NO5/c1-3-5-7-9-11-13-15-17-19-21-23-38-41-45-49-53-57-61-65-69-73-79(84)78(77-83)82-80(85)74-70-66-62-58-54-50-46-42-39-36-34-32-30-28-26-24-25-27-29-31-33-35-37-40-44-48-52-56-60-64-68-72-76-87-81(86)75-71-67-63-59-55-51-47-43-22-20-18-16-14-12-10-8-6-4-2/h78-79,83-84H,3-77H2,1-2H3,(H,82,85). The fourth-order valence-electron chi connectivity index (χ4n) is 13.5. The van der Waals surface area contributed by atoms with Crippen LogP contribution in [-0.2, 0) is 14.3 Å². The Hall–Kier alpha value is -1.14. The van der Waals surface area contributed by atoms with Gasteiger partial charge in [-0.3, -0.25) is 9.59 Å². The molecule has 0 rings (SSSR count). The highest BCUT2D eigenvalue weighted by molar-refractivity contribution is 5.76. The maximum atomic E-state index is 12.6. The minimum Gasteiger partial charge on any atom is -0.466 e. The Labute approximate surface area is 547 Å². The first-order valence-corrected chi connectivity index (χ1v) is 40.8. The number of esters is 1. The van der Waals surface area contributed by atoms with Gasteiger partial charge in [-0.25, -0.2) is 0 Å². The summed E-state index contributed by atoms with van der Waals surface area (Å²) < 4.78 is 5.52. The van der Waals surface area contributed by atoms with E-state index in [1.807, 2.05) is 0 Å². The normalized spacial score (nSPS) is 12.4. The van der Waals surface area contributed by atoms with Gasteiger partial charge < -0.3 is 20.3 Å². The van der Waals surface area contributed by atoms with Crippen LogP contribution in [0.4, 0.5) is 0 Å². The second-order valence-corrected chi connectivity index (χ2v) is 28.5. The van der Waals surface area contributed by atoms with E-state index in [1.165, 1.54) is 411 Å². The van der Waals surface area contributed by atoms with Crippen molar-refractivity contribution in [1.82, 2.24) is 5.32 Å². The quantitative estimate of drug-likeness (QED) is 0.0417. The maximum absolute atomic E-state index is 12.6. The lowest BCUT2D eigenvalue weighted by atomic mass is 10.0. The monoisotopic (exact) mass is 1230 g/mol. The van der Waals surface area contributed by atoms with Crippen molar-refractivity contribution in [3.8, 4) is 0 Å². The van der Waals surface area contributed by atoms with E-state index in [0.717, 1.165) is 38.5 Å². The van der Waals surface area contributed by atoms with Gasteiger partial charge in [0.25, 0.3) is 0 Å². The average molecular weight is 1230 g/mol. The molecule has 2 atom stereocenters. The van der Waals surface area contributed by atoms with Gasteiger partial charge in [-0.15, -0.1) is 0 Å². The Morgan fingerprint density at radius 1 is 0.276 bits per heavy atom. The van der Waals surface area contributed by atoms with Gasteiger partial charge in [0.05, 0.1) is 25.4 Å². The zero-order chi connectivity index (χ0) is 62.8. The van der Waals surface area contributed by atoms with E-state index in [4.69, 9.17) is 4.74 Å². The SMILES string of the molecule is CCCCCCCCCCCCCCCCCCCCCCC(O)C(CO)NC(=O)CCCCCCCCCCCCCCCCCCCCCCCCCCCCCCCCCCOC(=O)CCCCCCCCCCCCCCCCCCCC. The molecule has 0 aliphatic rings.